The molecule has 1 aromatic rings. The first-order valence-electron chi connectivity index (χ1n) is 7.84. The van der Waals surface area contributed by atoms with E-state index in [4.69, 9.17) is 4.52 Å². The quantitative estimate of drug-likeness (QED) is 0.824. The summed E-state index contributed by atoms with van der Waals surface area (Å²) >= 11 is 0. The van der Waals surface area contributed by atoms with Crippen molar-refractivity contribution >= 4 is 9.84 Å². The van der Waals surface area contributed by atoms with Gasteiger partial charge in [-0.25, -0.2) is 8.42 Å². The Hall–Kier alpha value is -0.950. The first kappa shape index (κ1) is 15.0. The monoisotopic (exact) mass is 313 g/mol. The average molecular weight is 313 g/mol. The highest BCUT2D eigenvalue weighted by atomic mass is 32.2. The Morgan fingerprint density at radius 3 is 2.67 bits per heavy atom. The van der Waals surface area contributed by atoms with E-state index in [0.29, 0.717) is 30.5 Å². The van der Waals surface area contributed by atoms with Crippen molar-refractivity contribution in [2.75, 3.05) is 18.1 Å². The van der Waals surface area contributed by atoms with Gasteiger partial charge in [0.2, 0.25) is 5.89 Å². The molecule has 21 heavy (non-hydrogen) atoms. The van der Waals surface area contributed by atoms with Gasteiger partial charge in [0.05, 0.1) is 18.1 Å². The highest BCUT2D eigenvalue weighted by Crippen LogP contribution is 2.33. The standard InChI is InChI=1S/C14H23N3O3S/c1-2-17(12-7-8-21(18,19)10-12)9-13-15-14(20-16-13)11-5-3-4-6-11/h11-12H,2-10H2,1H3/t12-/m0/s1. The lowest BCUT2D eigenvalue weighted by molar-refractivity contribution is 0.206. The number of hydrogen-bond acceptors (Lipinski definition) is 6. The van der Waals surface area contributed by atoms with Crippen molar-refractivity contribution in [3.05, 3.63) is 11.7 Å². The second-order valence-corrected chi connectivity index (χ2v) is 8.38. The van der Waals surface area contributed by atoms with Crippen LogP contribution in [0.2, 0.25) is 0 Å². The zero-order valence-electron chi connectivity index (χ0n) is 12.5. The molecule has 0 aromatic carbocycles. The van der Waals surface area contributed by atoms with Crippen LogP contribution in [0.25, 0.3) is 0 Å². The topological polar surface area (TPSA) is 76.3 Å². The van der Waals surface area contributed by atoms with Crippen LogP contribution in [0.15, 0.2) is 4.52 Å². The van der Waals surface area contributed by atoms with Crippen LogP contribution in [0, 0.1) is 0 Å². The molecule has 2 heterocycles. The van der Waals surface area contributed by atoms with Crippen LogP contribution in [0.4, 0.5) is 0 Å². The molecule has 1 saturated carbocycles. The van der Waals surface area contributed by atoms with Gasteiger partial charge in [0.25, 0.3) is 0 Å². The molecule has 0 spiro atoms. The molecule has 1 aromatic heterocycles. The Balaban J connectivity index is 1.64. The van der Waals surface area contributed by atoms with E-state index in [9.17, 15) is 8.42 Å². The van der Waals surface area contributed by atoms with Gasteiger partial charge in [-0.05, 0) is 25.8 Å². The summed E-state index contributed by atoms with van der Waals surface area (Å²) in [6, 6.07) is 0.0911. The Bertz CT molecular complexity index is 578. The van der Waals surface area contributed by atoms with E-state index >= 15 is 0 Å². The van der Waals surface area contributed by atoms with Gasteiger partial charge in [-0.15, -0.1) is 0 Å². The van der Waals surface area contributed by atoms with E-state index in [1.54, 1.807) is 0 Å². The first-order valence-corrected chi connectivity index (χ1v) is 9.66. The predicted octanol–water partition coefficient (Wildman–Crippen LogP) is 1.74. The molecule has 0 bridgehead atoms. The summed E-state index contributed by atoms with van der Waals surface area (Å²) in [5.41, 5.74) is 0. The zero-order chi connectivity index (χ0) is 14.9. The van der Waals surface area contributed by atoms with Crippen LogP contribution in [0.3, 0.4) is 0 Å². The fraction of sp³-hybridized carbons (Fsp3) is 0.857. The summed E-state index contributed by atoms with van der Waals surface area (Å²) in [5.74, 6) is 2.43. The Kier molecular flexibility index (Phi) is 4.31. The van der Waals surface area contributed by atoms with Crippen molar-refractivity contribution in [1.82, 2.24) is 15.0 Å². The third kappa shape index (κ3) is 3.45. The van der Waals surface area contributed by atoms with E-state index in [1.807, 2.05) is 6.92 Å². The minimum Gasteiger partial charge on any atom is -0.339 e. The van der Waals surface area contributed by atoms with Crippen molar-refractivity contribution in [2.45, 2.75) is 57.5 Å². The molecule has 2 aliphatic rings. The van der Waals surface area contributed by atoms with E-state index < -0.39 is 9.84 Å². The summed E-state index contributed by atoms with van der Waals surface area (Å²) < 4.78 is 28.6. The minimum absolute atomic E-state index is 0.0911. The molecule has 118 valence electrons. The molecule has 7 heteroatoms. The highest BCUT2D eigenvalue weighted by molar-refractivity contribution is 7.91. The minimum atomic E-state index is -2.86. The van der Waals surface area contributed by atoms with Gasteiger partial charge in [0.1, 0.15) is 0 Å². The summed E-state index contributed by atoms with van der Waals surface area (Å²) in [5, 5.41) is 4.08. The maximum atomic E-state index is 11.6. The molecular weight excluding hydrogens is 290 g/mol. The molecule has 0 N–H and O–H groups in total. The van der Waals surface area contributed by atoms with Crippen molar-refractivity contribution in [3.63, 3.8) is 0 Å². The maximum absolute atomic E-state index is 11.6. The molecule has 3 rings (SSSR count). The molecule has 1 aliphatic heterocycles. The van der Waals surface area contributed by atoms with Crippen molar-refractivity contribution in [1.29, 1.82) is 0 Å². The van der Waals surface area contributed by atoms with E-state index in [0.717, 1.165) is 25.3 Å². The van der Waals surface area contributed by atoms with Crippen LogP contribution < -0.4 is 0 Å². The Morgan fingerprint density at radius 2 is 2.05 bits per heavy atom. The molecule has 0 unspecified atom stereocenters. The van der Waals surface area contributed by atoms with Crippen LogP contribution in [-0.4, -0.2) is 47.6 Å². The van der Waals surface area contributed by atoms with Gasteiger partial charge in [0.15, 0.2) is 15.7 Å². The van der Waals surface area contributed by atoms with Gasteiger partial charge in [-0.3, -0.25) is 4.90 Å². The number of hydrogen-bond donors (Lipinski definition) is 0. The second kappa shape index (κ2) is 6.04. The number of aromatic nitrogens is 2. The summed E-state index contributed by atoms with van der Waals surface area (Å²) in [4.78, 5) is 6.67. The second-order valence-electron chi connectivity index (χ2n) is 6.15. The molecule has 0 amide bonds. The van der Waals surface area contributed by atoms with Crippen LogP contribution in [0.1, 0.15) is 56.7 Å². The molecule has 0 radical (unpaired) electrons. The van der Waals surface area contributed by atoms with Gasteiger partial charge in [0, 0.05) is 12.0 Å². The van der Waals surface area contributed by atoms with Crippen molar-refractivity contribution < 1.29 is 12.9 Å². The summed E-state index contributed by atoms with van der Waals surface area (Å²) in [6.45, 7) is 3.42. The largest absolute Gasteiger partial charge is 0.339 e. The average Bonchev–Trinajstić information content (AvgIpc) is 3.15. The van der Waals surface area contributed by atoms with E-state index in [1.165, 1.54) is 12.8 Å². The molecule has 2 fully saturated rings. The number of nitrogens with zero attached hydrogens (tertiary/aromatic N) is 3. The van der Waals surface area contributed by atoms with Crippen molar-refractivity contribution in [2.24, 2.45) is 0 Å². The molecule has 6 nitrogen and oxygen atoms in total. The zero-order valence-corrected chi connectivity index (χ0v) is 13.3. The maximum Gasteiger partial charge on any atom is 0.229 e. The third-order valence-electron chi connectivity index (χ3n) is 4.66. The van der Waals surface area contributed by atoms with Crippen LogP contribution in [-0.2, 0) is 16.4 Å². The van der Waals surface area contributed by atoms with Crippen LogP contribution in [0.5, 0.6) is 0 Å². The Labute approximate surface area is 125 Å². The fourth-order valence-electron chi connectivity index (χ4n) is 3.41. The SMILES string of the molecule is CCN(Cc1noc(C2CCCC2)n1)[C@H]1CCS(=O)(=O)C1. The molecule has 1 saturated heterocycles. The lowest BCUT2D eigenvalue weighted by Crippen LogP contribution is -2.35. The van der Waals surface area contributed by atoms with E-state index in [2.05, 4.69) is 15.0 Å². The van der Waals surface area contributed by atoms with Gasteiger partial charge >= 0.3 is 0 Å². The van der Waals surface area contributed by atoms with Crippen molar-refractivity contribution in [3.8, 4) is 0 Å². The fourth-order valence-corrected chi connectivity index (χ4v) is 5.18. The number of sulfone groups is 1. The van der Waals surface area contributed by atoms with Gasteiger partial charge in [-0.2, -0.15) is 4.98 Å². The van der Waals surface area contributed by atoms with Crippen LogP contribution >= 0.6 is 0 Å². The smallest absolute Gasteiger partial charge is 0.229 e. The lowest BCUT2D eigenvalue weighted by atomic mass is 10.1. The molecular formula is C14H23N3O3S. The van der Waals surface area contributed by atoms with Gasteiger partial charge in [-0.1, -0.05) is 24.9 Å². The highest BCUT2D eigenvalue weighted by Gasteiger charge is 2.32. The normalized spacial score (nSPS) is 25.9. The summed E-state index contributed by atoms with van der Waals surface area (Å²) in [6.07, 6.45) is 5.47. The lowest BCUT2D eigenvalue weighted by Gasteiger charge is -2.24. The summed E-state index contributed by atoms with van der Waals surface area (Å²) in [7, 11) is -2.86. The number of rotatable bonds is 5. The molecule has 1 aliphatic carbocycles. The Morgan fingerprint density at radius 1 is 1.29 bits per heavy atom. The van der Waals surface area contributed by atoms with E-state index in [-0.39, 0.29) is 11.8 Å². The van der Waals surface area contributed by atoms with Gasteiger partial charge < -0.3 is 4.52 Å². The predicted molar refractivity (Wildman–Crippen MR) is 78.6 cm³/mol. The first-order chi connectivity index (χ1) is 10.1. The molecule has 1 atom stereocenters. The third-order valence-corrected chi connectivity index (χ3v) is 6.41.